The fourth-order valence-electron chi connectivity index (χ4n) is 1.95. The molecule has 1 aromatic carbocycles. The minimum atomic E-state index is -2.96. The average molecular weight is 376 g/mol. The van der Waals surface area contributed by atoms with Gasteiger partial charge >= 0.3 is 0 Å². The number of ether oxygens (including phenoxy) is 1. The molecule has 6 nitrogen and oxygen atoms in total. The largest absolute Gasteiger partial charge is 0.489 e. The lowest BCUT2D eigenvalue weighted by Crippen LogP contribution is -2.45. The van der Waals surface area contributed by atoms with Gasteiger partial charge in [0, 0.05) is 24.4 Å². The molecule has 2 N–H and O–H groups in total. The second kappa shape index (κ2) is 9.74. The second-order valence-corrected chi connectivity index (χ2v) is 8.50. The van der Waals surface area contributed by atoms with Gasteiger partial charge in [-0.15, -0.1) is 0 Å². The summed E-state index contributed by atoms with van der Waals surface area (Å²) in [7, 11) is -1.29. The van der Waals surface area contributed by atoms with Crippen molar-refractivity contribution in [3.05, 3.63) is 29.3 Å². The molecule has 0 aliphatic carbocycles. The molecule has 0 radical (unpaired) electrons. The first-order valence-electron chi connectivity index (χ1n) is 7.76. The maximum atomic E-state index is 11.2. The third kappa shape index (κ3) is 8.98. The normalized spacial score (nSPS) is 14.8. The van der Waals surface area contributed by atoms with Gasteiger partial charge in [0.1, 0.15) is 21.7 Å². The molecular formula is C16H26ClN3O3S. The highest BCUT2D eigenvalue weighted by Crippen LogP contribution is 2.18. The maximum absolute atomic E-state index is 11.2. The zero-order chi connectivity index (χ0) is 18.2. The Morgan fingerprint density at radius 2 is 2.08 bits per heavy atom. The zero-order valence-corrected chi connectivity index (χ0v) is 16.1. The van der Waals surface area contributed by atoms with Crippen molar-refractivity contribution >= 4 is 27.4 Å². The SMILES string of the molecule is CN=C(NCC(C)Oc1cccc(Cl)c1)NC(C)CCS(C)(=O)=O. The van der Waals surface area contributed by atoms with Gasteiger partial charge in [-0.05, 0) is 38.5 Å². The topological polar surface area (TPSA) is 79.8 Å². The Morgan fingerprint density at radius 1 is 1.38 bits per heavy atom. The van der Waals surface area contributed by atoms with Crippen molar-refractivity contribution in [2.45, 2.75) is 32.4 Å². The van der Waals surface area contributed by atoms with E-state index in [1.807, 2.05) is 26.0 Å². The van der Waals surface area contributed by atoms with Crippen LogP contribution in [0.1, 0.15) is 20.3 Å². The number of benzene rings is 1. The van der Waals surface area contributed by atoms with E-state index in [0.717, 1.165) is 0 Å². The smallest absolute Gasteiger partial charge is 0.191 e. The lowest BCUT2D eigenvalue weighted by molar-refractivity contribution is 0.223. The van der Waals surface area contributed by atoms with Crippen LogP contribution in [0.4, 0.5) is 0 Å². The summed E-state index contributed by atoms with van der Waals surface area (Å²) < 4.78 is 28.2. The quantitative estimate of drug-likeness (QED) is 0.537. The molecular weight excluding hydrogens is 350 g/mol. The van der Waals surface area contributed by atoms with E-state index in [4.69, 9.17) is 16.3 Å². The Balaban J connectivity index is 2.40. The number of hydrogen-bond donors (Lipinski definition) is 2. The predicted octanol–water partition coefficient (Wildman–Crippen LogP) is 2.10. The van der Waals surface area contributed by atoms with Gasteiger partial charge in [0.15, 0.2) is 5.96 Å². The molecule has 8 heteroatoms. The summed E-state index contributed by atoms with van der Waals surface area (Å²) >= 11 is 5.93. The van der Waals surface area contributed by atoms with Crippen LogP contribution in [-0.4, -0.2) is 52.1 Å². The summed E-state index contributed by atoms with van der Waals surface area (Å²) in [5.74, 6) is 1.46. The Labute approximate surface area is 149 Å². The summed E-state index contributed by atoms with van der Waals surface area (Å²) in [4.78, 5) is 4.13. The number of hydrogen-bond acceptors (Lipinski definition) is 4. The fourth-order valence-corrected chi connectivity index (χ4v) is 2.91. The molecule has 24 heavy (non-hydrogen) atoms. The summed E-state index contributed by atoms with van der Waals surface area (Å²) in [5.41, 5.74) is 0. The van der Waals surface area contributed by atoms with Crippen LogP contribution in [-0.2, 0) is 9.84 Å². The van der Waals surface area contributed by atoms with E-state index in [1.54, 1.807) is 19.2 Å². The van der Waals surface area contributed by atoms with Crippen molar-refractivity contribution in [2.24, 2.45) is 4.99 Å². The number of nitrogens with zero attached hydrogens (tertiary/aromatic N) is 1. The van der Waals surface area contributed by atoms with E-state index < -0.39 is 9.84 Å². The van der Waals surface area contributed by atoms with Crippen LogP contribution in [0.3, 0.4) is 0 Å². The average Bonchev–Trinajstić information content (AvgIpc) is 2.48. The van der Waals surface area contributed by atoms with Crippen LogP contribution in [0, 0.1) is 0 Å². The van der Waals surface area contributed by atoms with Gasteiger partial charge in [0.25, 0.3) is 0 Å². The Kier molecular flexibility index (Phi) is 8.35. The number of aliphatic imine (C=N–C) groups is 1. The zero-order valence-electron chi connectivity index (χ0n) is 14.5. The number of halogens is 1. The minimum Gasteiger partial charge on any atom is -0.489 e. The van der Waals surface area contributed by atoms with Crippen LogP contribution in [0.15, 0.2) is 29.3 Å². The van der Waals surface area contributed by atoms with Gasteiger partial charge in [-0.25, -0.2) is 8.42 Å². The Bertz CT molecular complexity index is 650. The van der Waals surface area contributed by atoms with E-state index >= 15 is 0 Å². The van der Waals surface area contributed by atoms with E-state index in [-0.39, 0.29) is 17.9 Å². The maximum Gasteiger partial charge on any atom is 0.191 e. The van der Waals surface area contributed by atoms with E-state index in [1.165, 1.54) is 6.26 Å². The first kappa shape index (κ1) is 20.6. The summed E-state index contributed by atoms with van der Waals surface area (Å²) in [6.07, 6.45) is 1.67. The van der Waals surface area contributed by atoms with Crippen molar-refractivity contribution in [3.63, 3.8) is 0 Å². The molecule has 0 saturated heterocycles. The van der Waals surface area contributed by atoms with Crippen molar-refractivity contribution in [1.82, 2.24) is 10.6 Å². The van der Waals surface area contributed by atoms with Gasteiger partial charge in [-0.2, -0.15) is 0 Å². The van der Waals surface area contributed by atoms with Gasteiger partial charge in [0.05, 0.1) is 12.3 Å². The van der Waals surface area contributed by atoms with Crippen LogP contribution in [0.2, 0.25) is 5.02 Å². The molecule has 136 valence electrons. The van der Waals surface area contributed by atoms with Crippen molar-refractivity contribution in [2.75, 3.05) is 25.6 Å². The number of rotatable bonds is 8. The summed E-state index contributed by atoms with van der Waals surface area (Å²) in [6, 6.07) is 7.24. The van der Waals surface area contributed by atoms with Crippen molar-refractivity contribution in [3.8, 4) is 5.75 Å². The molecule has 0 spiro atoms. The lowest BCUT2D eigenvalue weighted by atomic mass is 10.3. The van der Waals surface area contributed by atoms with Crippen LogP contribution >= 0.6 is 11.6 Å². The molecule has 1 aromatic rings. The Morgan fingerprint density at radius 3 is 2.67 bits per heavy atom. The van der Waals surface area contributed by atoms with E-state index in [9.17, 15) is 8.42 Å². The molecule has 1 rings (SSSR count). The molecule has 0 bridgehead atoms. The van der Waals surface area contributed by atoms with Gasteiger partial charge in [-0.1, -0.05) is 17.7 Å². The molecule has 0 aromatic heterocycles. The van der Waals surface area contributed by atoms with E-state index in [2.05, 4.69) is 15.6 Å². The second-order valence-electron chi connectivity index (χ2n) is 5.80. The summed E-state index contributed by atoms with van der Waals surface area (Å²) in [5, 5.41) is 6.96. The molecule has 0 saturated carbocycles. The van der Waals surface area contributed by atoms with Gasteiger partial charge in [-0.3, -0.25) is 4.99 Å². The lowest BCUT2D eigenvalue weighted by Gasteiger charge is -2.20. The molecule has 0 aliphatic heterocycles. The minimum absolute atomic E-state index is 0.00456. The fraction of sp³-hybridized carbons (Fsp3) is 0.562. The molecule has 2 unspecified atom stereocenters. The third-order valence-electron chi connectivity index (χ3n) is 3.22. The number of guanidine groups is 1. The van der Waals surface area contributed by atoms with Crippen LogP contribution in [0.25, 0.3) is 0 Å². The first-order chi connectivity index (χ1) is 11.2. The third-order valence-corrected chi connectivity index (χ3v) is 4.43. The monoisotopic (exact) mass is 375 g/mol. The molecule has 2 atom stereocenters. The molecule has 0 aliphatic rings. The predicted molar refractivity (Wildman–Crippen MR) is 99.8 cm³/mol. The summed E-state index contributed by atoms with van der Waals surface area (Å²) in [6.45, 7) is 4.41. The highest BCUT2D eigenvalue weighted by Gasteiger charge is 2.11. The van der Waals surface area contributed by atoms with Gasteiger partial charge < -0.3 is 15.4 Å². The molecule has 0 fully saturated rings. The first-order valence-corrected chi connectivity index (χ1v) is 10.2. The number of sulfone groups is 1. The number of nitrogens with one attached hydrogen (secondary N) is 2. The van der Waals surface area contributed by atoms with Gasteiger partial charge in [0.2, 0.25) is 0 Å². The van der Waals surface area contributed by atoms with E-state index in [0.29, 0.717) is 29.7 Å². The van der Waals surface area contributed by atoms with Crippen LogP contribution in [0.5, 0.6) is 5.75 Å². The highest BCUT2D eigenvalue weighted by molar-refractivity contribution is 7.90. The molecule has 0 heterocycles. The van der Waals surface area contributed by atoms with Crippen molar-refractivity contribution < 1.29 is 13.2 Å². The Hall–Kier alpha value is -1.47. The molecule has 0 amide bonds. The standard InChI is InChI=1S/C16H26ClN3O3S/c1-12(8-9-24(4,21)22)20-16(18-3)19-11-13(2)23-15-7-5-6-14(17)10-15/h5-7,10,12-13H,8-9,11H2,1-4H3,(H2,18,19,20). The van der Waals surface area contributed by atoms with Crippen LogP contribution < -0.4 is 15.4 Å². The van der Waals surface area contributed by atoms with Crippen molar-refractivity contribution in [1.29, 1.82) is 0 Å². The highest BCUT2D eigenvalue weighted by atomic mass is 35.5.